The first-order valence-corrected chi connectivity index (χ1v) is 11.4. The van der Waals surface area contributed by atoms with Crippen molar-refractivity contribution in [3.8, 4) is 17.2 Å². The van der Waals surface area contributed by atoms with E-state index in [1.54, 1.807) is 19.9 Å². The molecule has 0 unspecified atom stereocenters. The van der Waals surface area contributed by atoms with Crippen LogP contribution >= 0.6 is 0 Å². The largest absolute Gasteiger partial charge is 0.494 e. The molecule has 0 radical (unpaired) electrons. The van der Waals surface area contributed by atoms with Crippen LogP contribution in [0.4, 0.5) is 13.2 Å². The van der Waals surface area contributed by atoms with Crippen molar-refractivity contribution in [2.75, 3.05) is 13.7 Å². The van der Waals surface area contributed by atoms with Gasteiger partial charge in [-0.15, -0.1) is 0 Å². The summed E-state index contributed by atoms with van der Waals surface area (Å²) in [6, 6.07) is 4.36. The number of alkyl halides is 3. The highest BCUT2D eigenvalue weighted by Crippen LogP contribution is 2.38. The lowest BCUT2D eigenvalue weighted by Gasteiger charge is -2.40. The zero-order chi connectivity index (χ0) is 26.3. The van der Waals surface area contributed by atoms with Gasteiger partial charge < -0.3 is 25.5 Å². The van der Waals surface area contributed by atoms with Crippen molar-refractivity contribution in [1.29, 1.82) is 0 Å². The van der Waals surface area contributed by atoms with E-state index in [9.17, 15) is 22.8 Å². The Balaban J connectivity index is 1.78. The van der Waals surface area contributed by atoms with Gasteiger partial charge in [0, 0.05) is 17.5 Å². The standard InChI is InChI=1S/C24H26F3N5O4/c1-4-29-22(34)23(10-5-11-23)32-20(33)18-19(12(2)28)36-21(31-18)14-6-8-15(35-3)17-13(14)7-9-16(30-17)24(25,26)27/h6-9,12H,4-5,10-11,28H2,1-3H3,(H,29,34)(H,32,33)/t12-/m0/s1. The Kier molecular flexibility index (Phi) is 6.65. The average molecular weight is 505 g/mol. The quantitative estimate of drug-likeness (QED) is 0.446. The number of benzene rings is 1. The van der Waals surface area contributed by atoms with Crippen molar-refractivity contribution < 1.29 is 31.9 Å². The lowest BCUT2D eigenvalue weighted by molar-refractivity contribution is -0.141. The fourth-order valence-electron chi connectivity index (χ4n) is 4.16. The van der Waals surface area contributed by atoms with Crippen LogP contribution in [-0.2, 0) is 11.0 Å². The van der Waals surface area contributed by atoms with Crippen molar-refractivity contribution in [3.63, 3.8) is 0 Å². The smallest absolute Gasteiger partial charge is 0.433 e. The molecule has 1 saturated carbocycles. The summed E-state index contributed by atoms with van der Waals surface area (Å²) in [6.07, 6.45) is -2.89. The number of nitrogens with two attached hydrogens (primary N) is 1. The number of methoxy groups -OCH3 is 1. The number of carbonyl (C=O) groups excluding carboxylic acids is 2. The van der Waals surface area contributed by atoms with Crippen LogP contribution in [0.15, 0.2) is 28.7 Å². The normalized spacial score (nSPS) is 15.8. The predicted octanol–water partition coefficient (Wildman–Crippen LogP) is 3.73. The third-order valence-electron chi connectivity index (χ3n) is 6.17. The number of hydrogen-bond donors (Lipinski definition) is 3. The lowest BCUT2D eigenvalue weighted by Crippen LogP contribution is -2.62. The molecule has 1 fully saturated rings. The molecule has 1 atom stereocenters. The number of likely N-dealkylation sites (N-methyl/N-ethyl adjacent to an activating group) is 1. The highest BCUT2D eigenvalue weighted by Gasteiger charge is 2.46. The molecule has 2 amide bonds. The average Bonchev–Trinajstić information content (AvgIpc) is 3.25. The van der Waals surface area contributed by atoms with Gasteiger partial charge in [0.25, 0.3) is 5.91 Å². The minimum atomic E-state index is -4.65. The number of carbonyl (C=O) groups is 2. The Morgan fingerprint density at radius 2 is 1.94 bits per heavy atom. The molecule has 36 heavy (non-hydrogen) atoms. The maximum absolute atomic E-state index is 13.3. The fourth-order valence-corrected chi connectivity index (χ4v) is 4.16. The Hall–Kier alpha value is -3.67. The molecule has 1 aliphatic carbocycles. The second kappa shape index (κ2) is 9.41. The first-order chi connectivity index (χ1) is 17.0. The topological polar surface area (TPSA) is 132 Å². The molecule has 192 valence electrons. The second-order valence-corrected chi connectivity index (χ2v) is 8.68. The third-order valence-corrected chi connectivity index (χ3v) is 6.17. The van der Waals surface area contributed by atoms with Gasteiger partial charge in [0.05, 0.1) is 13.2 Å². The van der Waals surface area contributed by atoms with E-state index in [1.165, 1.54) is 19.2 Å². The van der Waals surface area contributed by atoms with E-state index < -0.39 is 29.4 Å². The van der Waals surface area contributed by atoms with Crippen LogP contribution in [0.25, 0.3) is 22.4 Å². The van der Waals surface area contributed by atoms with E-state index in [0.717, 1.165) is 12.5 Å². The second-order valence-electron chi connectivity index (χ2n) is 8.68. The van der Waals surface area contributed by atoms with Gasteiger partial charge in [-0.1, -0.05) is 0 Å². The van der Waals surface area contributed by atoms with Crippen LogP contribution in [0.1, 0.15) is 61.1 Å². The Bertz CT molecular complexity index is 1320. The van der Waals surface area contributed by atoms with E-state index in [0.29, 0.717) is 24.9 Å². The van der Waals surface area contributed by atoms with Crippen molar-refractivity contribution in [2.45, 2.75) is 50.9 Å². The van der Waals surface area contributed by atoms with Crippen molar-refractivity contribution in [3.05, 3.63) is 41.4 Å². The van der Waals surface area contributed by atoms with Crippen LogP contribution in [-0.4, -0.2) is 41.0 Å². The van der Waals surface area contributed by atoms with Crippen molar-refractivity contribution in [1.82, 2.24) is 20.6 Å². The van der Waals surface area contributed by atoms with Gasteiger partial charge in [-0.2, -0.15) is 13.2 Å². The summed E-state index contributed by atoms with van der Waals surface area (Å²) in [7, 11) is 1.32. The molecule has 4 N–H and O–H groups in total. The van der Waals surface area contributed by atoms with Crippen LogP contribution in [0.5, 0.6) is 5.75 Å². The van der Waals surface area contributed by atoms with E-state index in [1.807, 2.05) is 0 Å². The number of halogens is 3. The van der Waals surface area contributed by atoms with Crippen molar-refractivity contribution >= 4 is 22.7 Å². The van der Waals surface area contributed by atoms with Crippen LogP contribution in [0, 0.1) is 0 Å². The molecule has 0 bridgehead atoms. The number of nitrogens with zero attached hydrogens (tertiary/aromatic N) is 2. The zero-order valence-electron chi connectivity index (χ0n) is 20.0. The Morgan fingerprint density at radius 3 is 2.50 bits per heavy atom. The van der Waals surface area contributed by atoms with Crippen molar-refractivity contribution in [2.24, 2.45) is 5.73 Å². The maximum atomic E-state index is 13.3. The van der Waals surface area contributed by atoms with Gasteiger partial charge in [-0.3, -0.25) is 9.59 Å². The number of ether oxygens (including phenoxy) is 1. The summed E-state index contributed by atoms with van der Waals surface area (Å²) in [5, 5.41) is 5.80. The van der Waals surface area contributed by atoms with E-state index in [2.05, 4.69) is 20.6 Å². The molecule has 0 spiro atoms. The molecule has 9 nitrogen and oxygen atoms in total. The zero-order valence-corrected chi connectivity index (χ0v) is 20.0. The number of aromatic nitrogens is 2. The first kappa shape index (κ1) is 25.4. The number of amides is 2. The molecule has 2 aromatic heterocycles. The lowest BCUT2D eigenvalue weighted by atomic mass is 9.75. The van der Waals surface area contributed by atoms with Gasteiger partial charge in [0.2, 0.25) is 11.8 Å². The molecule has 1 aliphatic rings. The SMILES string of the molecule is CCNC(=O)C1(NC(=O)c2nc(-c3ccc(OC)c4nc(C(F)(F)F)ccc34)oc2[C@H](C)N)CCC1. The van der Waals surface area contributed by atoms with Gasteiger partial charge >= 0.3 is 6.18 Å². The Morgan fingerprint density at radius 1 is 1.22 bits per heavy atom. The summed E-state index contributed by atoms with van der Waals surface area (Å²) < 4.78 is 50.8. The van der Waals surface area contributed by atoms with Gasteiger partial charge in [0.1, 0.15) is 22.5 Å². The number of oxazole rings is 1. The summed E-state index contributed by atoms with van der Waals surface area (Å²) in [5.74, 6) is -0.716. The molecule has 1 aromatic carbocycles. The van der Waals surface area contributed by atoms with Crippen LogP contribution < -0.4 is 21.1 Å². The van der Waals surface area contributed by atoms with Gasteiger partial charge in [0.15, 0.2) is 11.5 Å². The maximum Gasteiger partial charge on any atom is 0.433 e. The Labute approximate surface area is 204 Å². The van der Waals surface area contributed by atoms with Crippen LogP contribution in [0.3, 0.4) is 0 Å². The highest BCUT2D eigenvalue weighted by molar-refractivity contribution is 6.01. The van der Waals surface area contributed by atoms with E-state index >= 15 is 0 Å². The van der Waals surface area contributed by atoms with Gasteiger partial charge in [-0.25, -0.2) is 9.97 Å². The van der Waals surface area contributed by atoms with Gasteiger partial charge in [-0.05, 0) is 57.4 Å². The van der Waals surface area contributed by atoms with E-state index in [4.69, 9.17) is 14.9 Å². The number of fused-ring (bicyclic) bond motifs is 1. The monoisotopic (exact) mass is 505 g/mol. The highest BCUT2D eigenvalue weighted by atomic mass is 19.4. The summed E-state index contributed by atoms with van der Waals surface area (Å²) in [4.78, 5) is 33.9. The van der Waals surface area contributed by atoms with E-state index in [-0.39, 0.29) is 39.9 Å². The summed E-state index contributed by atoms with van der Waals surface area (Å²) in [5.41, 5.74) is 4.09. The minimum absolute atomic E-state index is 0.0256. The number of nitrogens with one attached hydrogen (secondary N) is 2. The van der Waals surface area contributed by atoms with Crippen LogP contribution in [0.2, 0.25) is 0 Å². The molecular formula is C24H26F3N5O4. The number of pyridine rings is 1. The molecule has 3 aromatic rings. The number of hydrogen-bond acceptors (Lipinski definition) is 7. The molecule has 2 heterocycles. The summed E-state index contributed by atoms with van der Waals surface area (Å²) >= 11 is 0. The molecule has 0 aliphatic heterocycles. The molecule has 0 saturated heterocycles. The predicted molar refractivity (Wildman–Crippen MR) is 124 cm³/mol. The summed E-state index contributed by atoms with van der Waals surface area (Å²) in [6.45, 7) is 3.81. The molecule has 12 heteroatoms. The fraction of sp³-hybridized carbons (Fsp3) is 0.417. The number of rotatable bonds is 7. The first-order valence-electron chi connectivity index (χ1n) is 11.4. The molecular weight excluding hydrogens is 479 g/mol. The third kappa shape index (κ3) is 4.48. The molecule has 4 rings (SSSR count). The minimum Gasteiger partial charge on any atom is -0.494 e.